The maximum Gasteiger partial charge on any atom is 0.240 e. The van der Waals surface area contributed by atoms with Crippen LogP contribution in [0.5, 0.6) is 0 Å². The molecule has 0 bridgehead atoms. The van der Waals surface area contributed by atoms with Crippen LogP contribution in [-0.4, -0.2) is 36.3 Å². The summed E-state index contributed by atoms with van der Waals surface area (Å²) in [5.74, 6) is 0.00615. The van der Waals surface area contributed by atoms with Crippen molar-refractivity contribution in [1.82, 2.24) is 19.5 Å². The van der Waals surface area contributed by atoms with Crippen molar-refractivity contribution in [3.63, 3.8) is 0 Å². The summed E-state index contributed by atoms with van der Waals surface area (Å²) < 4.78 is 42.5. The van der Waals surface area contributed by atoms with Crippen molar-refractivity contribution in [2.45, 2.75) is 31.2 Å². The van der Waals surface area contributed by atoms with Gasteiger partial charge < -0.3 is 5.32 Å². The van der Waals surface area contributed by atoms with Crippen LogP contribution in [0.4, 0.5) is 10.2 Å². The summed E-state index contributed by atoms with van der Waals surface area (Å²) >= 11 is 0. The van der Waals surface area contributed by atoms with Gasteiger partial charge in [-0.1, -0.05) is 36.4 Å². The highest BCUT2D eigenvalue weighted by Crippen LogP contribution is 2.33. The van der Waals surface area contributed by atoms with Gasteiger partial charge in [0.2, 0.25) is 10.0 Å². The van der Waals surface area contributed by atoms with Gasteiger partial charge >= 0.3 is 0 Å². The van der Waals surface area contributed by atoms with Gasteiger partial charge in [-0.05, 0) is 56.7 Å². The third-order valence-electron chi connectivity index (χ3n) is 5.35. The van der Waals surface area contributed by atoms with Crippen molar-refractivity contribution < 1.29 is 12.8 Å². The van der Waals surface area contributed by atoms with E-state index in [1.54, 1.807) is 6.20 Å². The molecule has 0 aliphatic heterocycles. The van der Waals surface area contributed by atoms with Crippen LogP contribution in [0.2, 0.25) is 0 Å². The molecule has 2 aromatic heterocycles. The fourth-order valence-corrected chi connectivity index (χ4v) is 4.59. The van der Waals surface area contributed by atoms with E-state index in [2.05, 4.69) is 35.8 Å². The second-order valence-electron chi connectivity index (χ2n) is 9.08. The number of hydrogen-bond donors (Lipinski definition) is 2. The zero-order chi connectivity index (χ0) is 25.1. The van der Waals surface area contributed by atoms with E-state index in [0.29, 0.717) is 12.4 Å². The summed E-state index contributed by atoms with van der Waals surface area (Å²) in [6, 6.07) is 18.8. The van der Waals surface area contributed by atoms with Gasteiger partial charge in [0.15, 0.2) is 0 Å². The van der Waals surface area contributed by atoms with E-state index in [-0.39, 0.29) is 17.0 Å². The fraction of sp³-hybridized carbons (Fsp3) is 0.231. The highest BCUT2D eigenvalue weighted by Gasteiger charge is 2.20. The number of nitrogens with zero attached hydrogens (tertiary/aromatic N) is 3. The molecule has 0 saturated carbocycles. The highest BCUT2D eigenvalue weighted by atomic mass is 32.2. The number of rotatable bonds is 8. The third-order valence-corrected chi connectivity index (χ3v) is 6.81. The number of pyridine rings is 1. The quantitative estimate of drug-likeness (QED) is 0.341. The summed E-state index contributed by atoms with van der Waals surface area (Å²) in [5, 5.41) is 8.01. The van der Waals surface area contributed by atoms with Crippen molar-refractivity contribution in [1.29, 1.82) is 0 Å². The Kier molecular flexibility index (Phi) is 7.00. The molecule has 2 N–H and O–H groups in total. The molecule has 2 heterocycles. The van der Waals surface area contributed by atoms with Gasteiger partial charge in [0.25, 0.3) is 0 Å². The Morgan fingerprint density at radius 3 is 2.43 bits per heavy atom. The molecule has 35 heavy (non-hydrogen) atoms. The molecule has 7 nitrogen and oxygen atoms in total. The van der Waals surface area contributed by atoms with Crippen LogP contribution in [0.3, 0.4) is 0 Å². The van der Waals surface area contributed by atoms with Gasteiger partial charge in [0.05, 0.1) is 10.4 Å². The first-order chi connectivity index (χ1) is 16.6. The molecular weight excluding hydrogens is 465 g/mol. The lowest BCUT2D eigenvalue weighted by atomic mass is 10.0. The maximum atomic E-state index is 13.4. The minimum Gasteiger partial charge on any atom is -0.369 e. The molecule has 0 radical (unpaired) electrons. The molecule has 9 heteroatoms. The van der Waals surface area contributed by atoms with Crippen LogP contribution in [0.1, 0.15) is 20.8 Å². The lowest BCUT2D eigenvalue weighted by molar-refractivity contribution is 0.356. The Morgan fingerprint density at radius 2 is 1.71 bits per heavy atom. The van der Waals surface area contributed by atoms with E-state index in [4.69, 9.17) is 5.10 Å². The second kappa shape index (κ2) is 9.97. The van der Waals surface area contributed by atoms with Crippen molar-refractivity contribution in [3.05, 3.63) is 84.9 Å². The third kappa shape index (κ3) is 5.93. The summed E-state index contributed by atoms with van der Waals surface area (Å²) in [6.45, 7) is 6.72. The van der Waals surface area contributed by atoms with Crippen molar-refractivity contribution in [2.75, 3.05) is 18.4 Å². The molecule has 0 aliphatic rings. The molecular formula is C26H28FN5O2S. The van der Waals surface area contributed by atoms with Gasteiger partial charge in [-0.2, -0.15) is 5.10 Å². The summed E-state index contributed by atoms with van der Waals surface area (Å²) in [7, 11) is -3.80. The molecule has 4 rings (SSSR count). The van der Waals surface area contributed by atoms with Gasteiger partial charge in [0.1, 0.15) is 17.3 Å². The number of anilines is 1. The number of halogens is 1. The normalized spacial score (nSPS) is 12.0. The van der Waals surface area contributed by atoms with Crippen LogP contribution >= 0.6 is 0 Å². The van der Waals surface area contributed by atoms with Crippen molar-refractivity contribution in [2.24, 2.45) is 0 Å². The second-order valence-corrected chi connectivity index (χ2v) is 10.9. The van der Waals surface area contributed by atoms with Crippen LogP contribution in [0, 0.1) is 5.82 Å². The van der Waals surface area contributed by atoms with E-state index in [1.807, 2.05) is 53.3 Å². The molecule has 0 fully saturated rings. The average Bonchev–Trinajstić information content (AvgIpc) is 3.29. The van der Waals surface area contributed by atoms with Crippen molar-refractivity contribution >= 4 is 15.8 Å². The van der Waals surface area contributed by atoms with Crippen LogP contribution in [0.15, 0.2) is 84.0 Å². The molecule has 0 atom stereocenters. The number of benzene rings is 2. The predicted octanol–water partition coefficient (Wildman–Crippen LogP) is 4.90. The van der Waals surface area contributed by atoms with Crippen LogP contribution in [0.25, 0.3) is 22.4 Å². The Balaban J connectivity index is 1.50. The molecule has 0 unspecified atom stereocenters. The Morgan fingerprint density at radius 1 is 0.943 bits per heavy atom. The number of nitrogens with one attached hydrogen (secondary N) is 2. The first-order valence-electron chi connectivity index (χ1n) is 11.2. The molecule has 0 aliphatic carbocycles. The first kappa shape index (κ1) is 24.6. The predicted molar refractivity (Wildman–Crippen MR) is 136 cm³/mol. The zero-order valence-electron chi connectivity index (χ0n) is 19.9. The Hall–Kier alpha value is -3.56. The lowest BCUT2D eigenvalue weighted by Crippen LogP contribution is -2.29. The van der Waals surface area contributed by atoms with Crippen LogP contribution < -0.4 is 10.0 Å². The fourth-order valence-electron chi connectivity index (χ4n) is 3.53. The molecule has 0 spiro atoms. The van der Waals surface area contributed by atoms with E-state index in [1.165, 1.54) is 18.2 Å². The molecule has 182 valence electrons. The molecule has 2 aromatic carbocycles. The lowest BCUT2D eigenvalue weighted by Gasteiger charge is -2.18. The van der Waals surface area contributed by atoms with Gasteiger partial charge in [0, 0.05) is 36.6 Å². The minimum absolute atomic E-state index is 0.109. The SMILES string of the molecule is CC(C)(C)n1cc(-c2ccnc(NCCNS(=O)(=O)c3cccc(F)c3)c2)c(-c2ccccc2)n1. The zero-order valence-corrected chi connectivity index (χ0v) is 20.7. The standard InChI is InChI=1S/C26H28FN5O2S/c1-26(2,3)32-18-23(25(31-32)19-8-5-4-6-9-19)20-12-13-28-24(16-20)29-14-15-30-35(33,34)22-11-7-10-21(27)17-22/h4-13,16-18,30H,14-15H2,1-3H3,(H,28,29). The minimum atomic E-state index is -3.80. The van der Waals surface area contributed by atoms with Gasteiger partial charge in [-0.15, -0.1) is 0 Å². The maximum absolute atomic E-state index is 13.4. The van der Waals surface area contributed by atoms with E-state index in [0.717, 1.165) is 28.5 Å². The smallest absolute Gasteiger partial charge is 0.240 e. The Labute approximate surface area is 205 Å². The number of aromatic nitrogens is 3. The number of hydrogen-bond acceptors (Lipinski definition) is 5. The average molecular weight is 494 g/mol. The van der Waals surface area contributed by atoms with E-state index >= 15 is 0 Å². The monoisotopic (exact) mass is 493 g/mol. The largest absolute Gasteiger partial charge is 0.369 e. The first-order valence-corrected chi connectivity index (χ1v) is 12.7. The van der Waals surface area contributed by atoms with Crippen molar-refractivity contribution in [3.8, 4) is 22.4 Å². The molecule has 0 saturated heterocycles. The van der Waals surface area contributed by atoms with Gasteiger partial charge in [-0.25, -0.2) is 22.5 Å². The summed E-state index contributed by atoms with van der Waals surface area (Å²) in [5.41, 5.74) is 3.62. The molecule has 0 amide bonds. The van der Waals surface area contributed by atoms with Crippen LogP contribution in [-0.2, 0) is 15.6 Å². The van der Waals surface area contributed by atoms with E-state index < -0.39 is 15.8 Å². The topological polar surface area (TPSA) is 88.9 Å². The highest BCUT2D eigenvalue weighted by molar-refractivity contribution is 7.89. The van der Waals surface area contributed by atoms with E-state index in [9.17, 15) is 12.8 Å². The summed E-state index contributed by atoms with van der Waals surface area (Å²) in [6.07, 6.45) is 3.74. The summed E-state index contributed by atoms with van der Waals surface area (Å²) in [4.78, 5) is 4.25. The Bertz CT molecular complexity index is 1410. The van der Waals surface area contributed by atoms with Gasteiger partial charge in [-0.3, -0.25) is 4.68 Å². The molecule has 4 aromatic rings. The number of sulfonamides is 1.